The summed E-state index contributed by atoms with van der Waals surface area (Å²) in [7, 11) is 0. The highest BCUT2D eigenvalue weighted by Crippen LogP contribution is 2.16. The van der Waals surface area contributed by atoms with E-state index in [0.29, 0.717) is 18.4 Å². The van der Waals surface area contributed by atoms with Crippen LogP contribution in [0.25, 0.3) is 0 Å². The number of nitrogens with zero attached hydrogens (tertiary/aromatic N) is 2. The van der Waals surface area contributed by atoms with Crippen molar-refractivity contribution in [2.75, 3.05) is 5.32 Å². The molecule has 1 heterocycles. The number of pyridine rings is 1. The Morgan fingerprint density at radius 3 is 2.58 bits per heavy atom. The molecule has 5 nitrogen and oxygen atoms in total. The number of guanidine groups is 1. The molecule has 24 heavy (non-hydrogen) atoms. The third kappa shape index (κ3) is 5.57. The van der Waals surface area contributed by atoms with Gasteiger partial charge in [-0.05, 0) is 63.9 Å². The van der Waals surface area contributed by atoms with Crippen LogP contribution in [0.3, 0.4) is 0 Å². The van der Waals surface area contributed by atoms with Crippen molar-refractivity contribution in [2.24, 2.45) is 10.7 Å². The third-order valence-corrected chi connectivity index (χ3v) is 3.38. The van der Waals surface area contributed by atoms with Gasteiger partial charge in [0.2, 0.25) is 5.88 Å². The Kier molecular flexibility index (Phi) is 5.44. The quantitative estimate of drug-likeness (QED) is 0.662. The maximum absolute atomic E-state index is 5.96. The van der Waals surface area contributed by atoms with E-state index in [1.165, 1.54) is 11.1 Å². The lowest BCUT2D eigenvalue weighted by Gasteiger charge is -2.20. The number of aliphatic imine (C=N–C) groups is 1. The number of aromatic nitrogens is 1. The largest absolute Gasteiger partial charge is 0.472 e. The smallest absolute Gasteiger partial charge is 0.214 e. The number of ether oxygens (including phenoxy) is 1. The topological polar surface area (TPSA) is 72.5 Å². The molecular weight excluding hydrogens is 300 g/mol. The second-order valence-electron chi connectivity index (χ2n) is 6.81. The fourth-order valence-corrected chi connectivity index (χ4v) is 2.09. The predicted molar refractivity (Wildman–Crippen MR) is 99.5 cm³/mol. The van der Waals surface area contributed by atoms with Crippen molar-refractivity contribution in [1.29, 1.82) is 0 Å². The maximum Gasteiger partial charge on any atom is 0.214 e. The van der Waals surface area contributed by atoms with Gasteiger partial charge in [0.25, 0.3) is 0 Å². The molecule has 0 saturated heterocycles. The molecule has 0 amide bonds. The Morgan fingerprint density at radius 1 is 1.17 bits per heavy atom. The molecule has 3 N–H and O–H groups in total. The Bertz CT molecular complexity index is 732. The van der Waals surface area contributed by atoms with Crippen LogP contribution >= 0.6 is 0 Å². The first-order chi connectivity index (χ1) is 11.2. The third-order valence-electron chi connectivity index (χ3n) is 3.38. The first-order valence-electron chi connectivity index (χ1n) is 8.02. The average molecular weight is 326 g/mol. The molecule has 0 bridgehead atoms. The van der Waals surface area contributed by atoms with Gasteiger partial charge in [0.15, 0.2) is 5.96 Å². The Morgan fingerprint density at radius 2 is 1.92 bits per heavy atom. The fourth-order valence-electron chi connectivity index (χ4n) is 2.09. The number of aryl methyl sites for hydroxylation is 2. The van der Waals surface area contributed by atoms with E-state index in [1.807, 2.05) is 51.1 Å². The number of benzene rings is 1. The van der Waals surface area contributed by atoms with Crippen molar-refractivity contribution in [3.8, 4) is 5.88 Å². The van der Waals surface area contributed by atoms with Gasteiger partial charge in [0.1, 0.15) is 5.60 Å². The van der Waals surface area contributed by atoms with Gasteiger partial charge in [0.05, 0.1) is 12.2 Å². The van der Waals surface area contributed by atoms with Crippen molar-refractivity contribution in [1.82, 2.24) is 4.98 Å². The Hall–Kier alpha value is -2.56. The molecule has 0 spiro atoms. The molecule has 2 aromatic rings. The molecule has 0 radical (unpaired) electrons. The second kappa shape index (κ2) is 7.34. The van der Waals surface area contributed by atoms with Crippen LogP contribution in [-0.2, 0) is 6.54 Å². The summed E-state index contributed by atoms with van der Waals surface area (Å²) in [6, 6.07) is 11.7. The fraction of sp³-hybridized carbons (Fsp3) is 0.368. The number of hydrogen-bond donors (Lipinski definition) is 2. The van der Waals surface area contributed by atoms with Gasteiger partial charge >= 0.3 is 0 Å². The first kappa shape index (κ1) is 17.8. The van der Waals surface area contributed by atoms with Crippen molar-refractivity contribution in [3.05, 3.63) is 53.2 Å². The summed E-state index contributed by atoms with van der Waals surface area (Å²) in [4.78, 5) is 8.79. The van der Waals surface area contributed by atoms with Crippen molar-refractivity contribution >= 4 is 11.6 Å². The number of nitrogens with one attached hydrogen (secondary N) is 1. The lowest BCUT2D eigenvalue weighted by Crippen LogP contribution is -2.24. The molecule has 0 atom stereocenters. The maximum atomic E-state index is 5.96. The SMILES string of the molecule is Cc1ccc(NC(N)=NCc2cccc(OC(C)(C)C)n2)cc1C. The van der Waals surface area contributed by atoms with Gasteiger partial charge in [-0.25, -0.2) is 9.98 Å². The molecule has 128 valence electrons. The lowest BCUT2D eigenvalue weighted by molar-refractivity contribution is 0.124. The molecule has 1 aromatic heterocycles. The molecule has 0 fully saturated rings. The van der Waals surface area contributed by atoms with Crippen LogP contribution in [0.2, 0.25) is 0 Å². The number of rotatable bonds is 4. The molecule has 0 aliphatic heterocycles. The van der Waals surface area contributed by atoms with E-state index in [-0.39, 0.29) is 5.60 Å². The average Bonchev–Trinajstić information content (AvgIpc) is 2.48. The van der Waals surface area contributed by atoms with Crippen molar-refractivity contribution < 1.29 is 4.74 Å². The minimum atomic E-state index is -0.279. The number of anilines is 1. The highest BCUT2D eigenvalue weighted by atomic mass is 16.5. The summed E-state index contributed by atoms with van der Waals surface area (Å²) in [5.74, 6) is 0.957. The molecule has 5 heteroatoms. The zero-order valence-corrected chi connectivity index (χ0v) is 15.1. The second-order valence-corrected chi connectivity index (χ2v) is 6.81. The van der Waals surface area contributed by atoms with Gasteiger partial charge in [0, 0.05) is 11.8 Å². The summed E-state index contributed by atoms with van der Waals surface area (Å²) in [6.45, 7) is 10.5. The Balaban J connectivity index is 2.01. The van der Waals surface area contributed by atoms with Gasteiger partial charge in [-0.15, -0.1) is 0 Å². The standard InChI is InChI=1S/C19H26N4O/c1-13-9-10-15(11-14(13)2)23-18(20)21-12-16-7-6-8-17(22-16)24-19(3,4)5/h6-11H,12H2,1-5H3,(H3,20,21,23). The van der Waals surface area contributed by atoms with Crippen LogP contribution in [-0.4, -0.2) is 16.5 Å². The van der Waals surface area contributed by atoms with Gasteiger partial charge in [-0.1, -0.05) is 12.1 Å². The van der Waals surface area contributed by atoms with Crippen LogP contribution in [0.1, 0.15) is 37.6 Å². The van der Waals surface area contributed by atoms with E-state index in [9.17, 15) is 0 Å². The summed E-state index contributed by atoms with van der Waals surface area (Å²) in [6.07, 6.45) is 0. The summed E-state index contributed by atoms with van der Waals surface area (Å²) < 4.78 is 5.76. The minimum Gasteiger partial charge on any atom is -0.472 e. The predicted octanol–water partition coefficient (Wildman–Crippen LogP) is 3.80. The molecule has 0 saturated carbocycles. The van der Waals surface area contributed by atoms with Crippen LogP contribution in [0.15, 0.2) is 41.4 Å². The lowest BCUT2D eigenvalue weighted by atomic mass is 10.1. The van der Waals surface area contributed by atoms with Crippen LogP contribution in [0.4, 0.5) is 5.69 Å². The molecule has 1 aromatic carbocycles. The molecule has 0 aliphatic rings. The first-order valence-corrected chi connectivity index (χ1v) is 8.02. The normalized spacial score (nSPS) is 12.1. The number of hydrogen-bond acceptors (Lipinski definition) is 3. The van der Waals surface area contributed by atoms with Gasteiger partial charge < -0.3 is 15.8 Å². The van der Waals surface area contributed by atoms with E-state index < -0.39 is 0 Å². The molecule has 0 aliphatic carbocycles. The summed E-state index contributed by atoms with van der Waals surface area (Å²) in [5.41, 5.74) is 9.87. The molecular formula is C19H26N4O. The van der Waals surface area contributed by atoms with E-state index >= 15 is 0 Å². The summed E-state index contributed by atoms with van der Waals surface area (Å²) in [5, 5.41) is 3.10. The van der Waals surface area contributed by atoms with Gasteiger partial charge in [-0.3, -0.25) is 0 Å². The van der Waals surface area contributed by atoms with E-state index in [1.54, 1.807) is 0 Å². The van der Waals surface area contributed by atoms with Gasteiger partial charge in [-0.2, -0.15) is 0 Å². The Labute approximate surface area is 144 Å². The van der Waals surface area contributed by atoms with E-state index in [0.717, 1.165) is 11.4 Å². The van der Waals surface area contributed by atoms with E-state index in [2.05, 4.69) is 35.2 Å². The summed E-state index contributed by atoms with van der Waals surface area (Å²) >= 11 is 0. The highest BCUT2D eigenvalue weighted by Gasteiger charge is 2.12. The monoisotopic (exact) mass is 326 g/mol. The van der Waals surface area contributed by atoms with Crippen molar-refractivity contribution in [2.45, 2.75) is 46.8 Å². The molecule has 2 rings (SSSR count). The van der Waals surface area contributed by atoms with Crippen LogP contribution < -0.4 is 15.8 Å². The van der Waals surface area contributed by atoms with Crippen LogP contribution in [0, 0.1) is 13.8 Å². The zero-order valence-electron chi connectivity index (χ0n) is 15.1. The minimum absolute atomic E-state index is 0.279. The molecule has 0 unspecified atom stereocenters. The highest BCUT2D eigenvalue weighted by molar-refractivity contribution is 5.92. The zero-order chi connectivity index (χ0) is 17.7. The van der Waals surface area contributed by atoms with Crippen LogP contribution in [0.5, 0.6) is 5.88 Å². The van der Waals surface area contributed by atoms with E-state index in [4.69, 9.17) is 10.5 Å². The van der Waals surface area contributed by atoms with Crippen molar-refractivity contribution in [3.63, 3.8) is 0 Å². The number of nitrogens with two attached hydrogens (primary N) is 1.